The predicted molar refractivity (Wildman–Crippen MR) is 76.4 cm³/mol. The van der Waals surface area contributed by atoms with Gasteiger partial charge in [0.2, 0.25) is 0 Å². The van der Waals surface area contributed by atoms with E-state index < -0.39 is 0 Å². The average Bonchev–Trinajstić information content (AvgIpc) is 2.41. The molecule has 0 aromatic heterocycles. The van der Waals surface area contributed by atoms with Crippen molar-refractivity contribution in [3.63, 3.8) is 0 Å². The maximum atomic E-state index is 13.0. The van der Waals surface area contributed by atoms with Crippen molar-refractivity contribution in [2.45, 2.75) is 38.8 Å². The normalized spacial score (nSPS) is 14.6. The smallest absolute Gasteiger partial charge is 0.123 e. The first kappa shape index (κ1) is 16.1. The van der Waals surface area contributed by atoms with Crippen LogP contribution in [0.2, 0.25) is 0 Å². The van der Waals surface area contributed by atoms with Crippen LogP contribution in [0, 0.1) is 5.82 Å². The molecule has 3 N–H and O–H groups in total. The van der Waals surface area contributed by atoms with E-state index in [1.54, 1.807) is 12.1 Å². The summed E-state index contributed by atoms with van der Waals surface area (Å²) in [5.74, 6) is -0.239. The van der Waals surface area contributed by atoms with Crippen molar-refractivity contribution in [2.75, 3.05) is 19.7 Å². The Morgan fingerprint density at radius 2 is 1.84 bits per heavy atom. The third-order valence-electron chi connectivity index (χ3n) is 3.38. The van der Waals surface area contributed by atoms with Gasteiger partial charge in [-0.1, -0.05) is 26.0 Å². The van der Waals surface area contributed by atoms with Crippen LogP contribution in [0.1, 0.15) is 38.3 Å². The van der Waals surface area contributed by atoms with Crippen LogP contribution < -0.4 is 5.73 Å². The fraction of sp³-hybridized carbons (Fsp3) is 0.600. The summed E-state index contributed by atoms with van der Waals surface area (Å²) in [4.78, 5) is 2.18. The Kier molecular flexibility index (Phi) is 6.99. The molecule has 0 aliphatic carbocycles. The van der Waals surface area contributed by atoms with E-state index in [1.165, 1.54) is 12.1 Å². The summed E-state index contributed by atoms with van der Waals surface area (Å²) in [5, 5.41) is 9.22. The highest BCUT2D eigenvalue weighted by atomic mass is 19.1. The Hall–Kier alpha value is -0.970. The van der Waals surface area contributed by atoms with Gasteiger partial charge in [-0.2, -0.15) is 0 Å². The number of halogens is 1. The number of hydrogen-bond donors (Lipinski definition) is 2. The lowest BCUT2D eigenvalue weighted by molar-refractivity contribution is 0.132. The molecule has 108 valence electrons. The summed E-state index contributed by atoms with van der Waals surface area (Å²) in [7, 11) is 0. The minimum absolute atomic E-state index is 0.0245. The van der Waals surface area contributed by atoms with Crippen molar-refractivity contribution in [3.05, 3.63) is 35.6 Å². The Morgan fingerprint density at radius 1 is 1.21 bits per heavy atom. The highest BCUT2D eigenvalue weighted by Gasteiger charge is 2.24. The summed E-state index contributed by atoms with van der Waals surface area (Å²) >= 11 is 0. The highest BCUT2D eigenvalue weighted by molar-refractivity contribution is 5.21. The minimum atomic E-state index is -0.239. The third-order valence-corrected chi connectivity index (χ3v) is 3.38. The van der Waals surface area contributed by atoms with E-state index in [2.05, 4.69) is 11.8 Å². The molecular weight excluding hydrogens is 243 g/mol. The van der Waals surface area contributed by atoms with Crippen molar-refractivity contribution >= 4 is 0 Å². The molecule has 0 saturated carbocycles. The second-order valence-electron chi connectivity index (χ2n) is 4.83. The molecule has 0 bridgehead atoms. The third kappa shape index (κ3) is 4.56. The number of nitrogens with two attached hydrogens (primary N) is 1. The van der Waals surface area contributed by atoms with Crippen LogP contribution >= 0.6 is 0 Å². The molecular formula is C15H25FN2O. The molecule has 0 saturated heterocycles. The van der Waals surface area contributed by atoms with Gasteiger partial charge >= 0.3 is 0 Å². The number of nitrogens with zero attached hydrogens (tertiary/aromatic N) is 1. The molecule has 1 aromatic rings. The van der Waals surface area contributed by atoms with Gasteiger partial charge in [-0.15, -0.1) is 0 Å². The maximum Gasteiger partial charge on any atom is 0.123 e. The highest BCUT2D eigenvalue weighted by Crippen LogP contribution is 2.25. The van der Waals surface area contributed by atoms with Crippen molar-refractivity contribution in [2.24, 2.45) is 5.73 Å². The van der Waals surface area contributed by atoms with Crippen LogP contribution in [-0.4, -0.2) is 35.7 Å². The standard InChI is InChI=1S/C15H25FN2O/c1-3-9-18(10-11-19)15(14(17)4-2)12-5-7-13(16)8-6-12/h5-8,14-15,19H,3-4,9-11,17H2,1-2H3. The van der Waals surface area contributed by atoms with Crippen molar-refractivity contribution in [3.8, 4) is 0 Å². The summed E-state index contributed by atoms with van der Waals surface area (Å²) in [6.07, 6.45) is 1.84. The van der Waals surface area contributed by atoms with Crippen LogP contribution in [0.3, 0.4) is 0 Å². The van der Waals surface area contributed by atoms with Crippen LogP contribution in [0.4, 0.5) is 4.39 Å². The Bertz CT molecular complexity index is 350. The van der Waals surface area contributed by atoms with Crippen LogP contribution in [0.5, 0.6) is 0 Å². The van der Waals surface area contributed by atoms with E-state index in [0.29, 0.717) is 6.54 Å². The quantitative estimate of drug-likeness (QED) is 0.760. The SMILES string of the molecule is CCCN(CCO)C(c1ccc(F)cc1)C(N)CC. The molecule has 0 fully saturated rings. The summed E-state index contributed by atoms with van der Waals surface area (Å²) in [5.41, 5.74) is 7.24. The van der Waals surface area contributed by atoms with Crippen LogP contribution in [0.15, 0.2) is 24.3 Å². The molecule has 0 aliphatic rings. The van der Waals surface area contributed by atoms with E-state index in [1.807, 2.05) is 6.92 Å². The Labute approximate surface area is 115 Å². The molecule has 19 heavy (non-hydrogen) atoms. The topological polar surface area (TPSA) is 49.5 Å². The molecule has 2 unspecified atom stereocenters. The van der Waals surface area contributed by atoms with Gasteiger partial charge in [0.05, 0.1) is 6.61 Å². The van der Waals surface area contributed by atoms with Gasteiger partial charge in [-0.3, -0.25) is 4.90 Å². The van der Waals surface area contributed by atoms with Crippen molar-refractivity contribution in [1.29, 1.82) is 0 Å². The number of hydrogen-bond acceptors (Lipinski definition) is 3. The van der Waals surface area contributed by atoms with Gasteiger partial charge in [0.15, 0.2) is 0 Å². The summed E-state index contributed by atoms with van der Waals surface area (Å²) in [6, 6.07) is 6.51. The second kappa shape index (κ2) is 8.25. The number of aliphatic hydroxyl groups is 1. The van der Waals surface area contributed by atoms with E-state index in [-0.39, 0.29) is 24.5 Å². The molecule has 3 nitrogen and oxygen atoms in total. The van der Waals surface area contributed by atoms with Crippen LogP contribution in [0.25, 0.3) is 0 Å². The number of aliphatic hydroxyl groups excluding tert-OH is 1. The molecule has 0 amide bonds. The average molecular weight is 268 g/mol. The van der Waals surface area contributed by atoms with Crippen molar-refractivity contribution < 1.29 is 9.50 Å². The Morgan fingerprint density at radius 3 is 2.32 bits per heavy atom. The summed E-state index contributed by atoms with van der Waals surface area (Å²) < 4.78 is 13.0. The molecule has 2 atom stereocenters. The van der Waals surface area contributed by atoms with Gasteiger partial charge < -0.3 is 10.8 Å². The van der Waals surface area contributed by atoms with E-state index in [0.717, 1.165) is 24.9 Å². The molecule has 4 heteroatoms. The zero-order valence-corrected chi connectivity index (χ0v) is 11.8. The van der Waals surface area contributed by atoms with E-state index in [4.69, 9.17) is 5.73 Å². The molecule has 0 spiro atoms. The maximum absolute atomic E-state index is 13.0. The van der Waals surface area contributed by atoms with Crippen molar-refractivity contribution in [1.82, 2.24) is 4.90 Å². The molecule has 0 aliphatic heterocycles. The minimum Gasteiger partial charge on any atom is -0.395 e. The second-order valence-corrected chi connectivity index (χ2v) is 4.83. The molecule has 1 aromatic carbocycles. The lowest BCUT2D eigenvalue weighted by atomic mass is 9.96. The van der Waals surface area contributed by atoms with Gasteiger partial charge in [0.1, 0.15) is 5.82 Å². The largest absolute Gasteiger partial charge is 0.395 e. The first-order chi connectivity index (χ1) is 9.13. The predicted octanol–water partition coefficient (Wildman–Crippen LogP) is 2.31. The lowest BCUT2D eigenvalue weighted by Gasteiger charge is -2.35. The first-order valence-corrected chi connectivity index (χ1v) is 7.00. The van der Waals surface area contributed by atoms with E-state index >= 15 is 0 Å². The number of rotatable bonds is 8. The fourth-order valence-electron chi connectivity index (χ4n) is 2.42. The van der Waals surface area contributed by atoms with Crippen LogP contribution in [-0.2, 0) is 0 Å². The van der Waals surface area contributed by atoms with Gasteiger partial charge in [-0.25, -0.2) is 4.39 Å². The monoisotopic (exact) mass is 268 g/mol. The lowest BCUT2D eigenvalue weighted by Crippen LogP contribution is -2.42. The fourth-order valence-corrected chi connectivity index (χ4v) is 2.42. The van der Waals surface area contributed by atoms with Gasteiger partial charge in [0, 0.05) is 18.6 Å². The molecule has 1 rings (SSSR count). The first-order valence-electron chi connectivity index (χ1n) is 7.00. The van der Waals surface area contributed by atoms with Gasteiger partial charge in [-0.05, 0) is 37.1 Å². The zero-order valence-electron chi connectivity index (χ0n) is 11.8. The van der Waals surface area contributed by atoms with Gasteiger partial charge in [0.25, 0.3) is 0 Å². The summed E-state index contributed by atoms with van der Waals surface area (Å²) in [6.45, 7) is 5.71. The zero-order chi connectivity index (χ0) is 14.3. The Balaban J connectivity index is 3.00. The number of benzene rings is 1. The van der Waals surface area contributed by atoms with E-state index in [9.17, 15) is 9.50 Å². The molecule has 0 radical (unpaired) electrons. The molecule has 0 heterocycles.